The van der Waals surface area contributed by atoms with Gasteiger partial charge in [0.2, 0.25) is 0 Å². The third-order valence-electron chi connectivity index (χ3n) is 4.87. The van der Waals surface area contributed by atoms with E-state index < -0.39 is 24.2 Å². The van der Waals surface area contributed by atoms with Gasteiger partial charge in [-0.2, -0.15) is 13.2 Å². The number of carbonyl (C=O) groups excluding carboxylic acids is 1. The molecule has 0 saturated heterocycles. The zero-order chi connectivity index (χ0) is 21.3. The summed E-state index contributed by atoms with van der Waals surface area (Å²) in [5.41, 5.74) is 2.01. The predicted octanol–water partition coefficient (Wildman–Crippen LogP) is 5.68. The summed E-state index contributed by atoms with van der Waals surface area (Å²) in [6, 6.07) is 6.99. The molecule has 0 saturated carbocycles. The summed E-state index contributed by atoms with van der Waals surface area (Å²) in [6.07, 6.45) is -4.37. The molecule has 0 aliphatic carbocycles. The monoisotopic (exact) mass is 407 g/mol. The van der Waals surface area contributed by atoms with E-state index in [0.29, 0.717) is 11.2 Å². The fourth-order valence-corrected chi connectivity index (χ4v) is 3.51. The van der Waals surface area contributed by atoms with Crippen molar-refractivity contribution in [3.63, 3.8) is 0 Å². The van der Waals surface area contributed by atoms with E-state index in [2.05, 4.69) is 5.32 Å². The van der Waals surface area contributed by atoms with E-state index >= 15 is 0 Å². The summed E-state index contributed by atoms with van der Waals surface area (Å²) in [5.74, 6) is -0.699. The lowest BCUT2D eigenvalue weighted by molar-refractivity contribution is -0.164. The lowest BCUT2D eigenvalue weighted by atomic mass is 9.99. The minimum atomic E-state index is -4.60. The first-order chi connectivity index (χ1) is 13.6. The molecule has 0 aliphatic heterocycles. The second-order valence-electron chi connectivity index (χ2n) is 7.70. The standard InChI is InChI=1S/C22H24F3NO3/c1-12(2)9-17(21(27)28-4)26-20(22(23,24)25)14-6-7-15-16-10-13(3)5-8-18(16)29-19(15)11-14/h5-8,10-12,17,20,26H,9H2,1-4H3/t17-,20+/m0/s1. The van der Waals surface area contributed by atoms with Crippen molar-refractivity contribution >= 4 is 27.9 Å². The minimum absolute atomic E-state index is 0.0153. The zero-order valence-electron chi connectivity index (χ0n) is 16.8. The van der Waals surface area contributed by atoms with Crippen molar-refractivity contribution in [1.82, 2.24) is 5.32 Å². The third kappa shape index (κ3) is 4.56. The topological polar surface area (TPSA) is 51.5 Å². The van der Waals surface area contributed by atoms with Crippen molar-refractivity contribution in [3.8, 4) is 0 Å². The highest BCUT2D eigenvalue weighted by molar-refractivity contribution is 6.05. The van der Waals surface area contributed by atoms with Gasteiger partial charge in [-0.05, 0) is 43.0 Å². The van der Waals surface area contributed by atoms with E-state index in [9.17, 15) is 18.0 Å². The summed E-state index contributed by atoms with van der Waals surface area (Å²) in [4.78, 5) is 12.0. The van der Waals surface area contributed by atoms with Crippen molar-refractivity contribution in [3.05, 3.63) is 47.5 Å². The molecule has 1 aromatic heterocycles. The van der Waals surface area contributed by atoms with Crippen LogP contribution in [0.4, 0.5) is 13.2 Å². The molecule has 3 aromatic rings. The first kappa shape index (κ1) is 21.2. The quantitative estimate of drug-likeness (QED) is 0.535. The highest BCUT2D eigenvalue weighted by atomic mass is 19.4. The van der Waals surface area contributed by atoms with Crippen molar-refractivity contribution in [2.24, 2.45) is 5.92 Å². The Balaban J connectivity index is 2.03. The maximum atomic E-state index is 13.9. The highest BCUT2D eigenvalue weighted by Gasteiger charge is 2.43. The molecule has 29 heavy (non-hydrogen) atoms. The Kier molecular flexibility index (Phi) is 5.89. The molecule has 1 heterocycles. The smallest absolute Gasteiger partial charge is 0.407 e. The number of ether oxygens (including phenoxy) is 1. The van der Waals surface area contributed by atoms with Gasteiger partial charge in [0, 0.05) is 10.8 Å². The van der Waals surface area contributed by atoms with Gasteiger partial charge in [-0.15, -0.1) is 0 Å². The van der Waals surface area contributed by atoms with Gasteiger partial charge in [0.15, 0.2) is 0 Å². The van der Waals surface area contributed by atoms with Gasteiger partial charge < -0.3 is 9.15 Å². The normalized spacial score (nSPS) is 14.5. The number of alkyl halides is 3. The summed E-state index contributed by atoms with van der Waals surface area (Å²) < 4.78 is 52.1. The van der Waals surface area contributed by atoms with Crippen molar-refractivity contribution in [1.29, 1.82) is 0 Å². The van der Waals surface area contributed by atoms with Gasteiger partial charge >= 0.3 is 12.1 Å². The van der Waals surface area contributed by atoms with Gasteiger partial charge in [0.1, 0.15) is 23.2 Å². The molecular formula is C22H24F3NO3. The average Bonchev–Trinajstić information content (AvgIpc) is 3.00. The molecule has 3 rings (SSSR count). The largest absolute Gasteiger partial charge is 0.468 e. The number of methoxy groups -OCH3 is 1. The Bertz CT molecular complexity index is 1020. The van der Waals surface area contributed by atoms with Crippen LogP contribution < -0.4 is 5.32 Å². The van der Waals surface area contributed by atoms with Crippen molar-refractivity contribution in [2.45, 2.75) is 45.5 Å². The number of esters is 1. The fraction of sp³-hybridized carbons (Fsp3) is 0.409. The maximum Gasteiger partial charge on any atom is 0.407 e. The second-order valence-corrected chi connectivity index (χ2v) is 7.70. The Labute approximate surface area is 167 Å². The highest BCUT2D eigenvalue weighted by Crippen LogP contribution is 2.37. The van der Waals surface area contributed by atoms with Gasteiger partial charge in [-0.25, -0.2) is 0 Å². The number of carbonyl (C=O) groups is 1. The number of aryl methyl sites for hydroxylation is 1. The van der Waals surface area contributed by atoms with E-state index in [-0.39, 0.29) is 17.9 Å². The summed E-state index contributed by atoms with van der Waals surface area (Å²) in [6.45, 7) is 5.61. The maximum absolute atomic E-state index is 13.9. The number of hydrogen-bond acceptors (Lipinski definition) is 4. The number of rotatable bonds is 6. The van der Waals surface area contributed by atoms with E-state index in [1.807, 2.05) is 32.9 Å². The predicted molar refractivity (Wildman–Crippen MR) is 106 cm³/mol. The number of halogens is 3. The molecule has 156 valence electrons. The number of hydrogen-bond donors (Lipinski definition) is 1. The van der Waals surface area contributed by atoms with Crippen LogP contribution in [0.1, 0.15) is 37.4 Å². The molecule has 0 amide bonds. The Morgan fingerprint density at radius 2 is 1.83 bits per heavy atom. The zero-order valence-corrected chi connectivity index (χ0v) is 16.8. The summed E-state index contributed by atoms with van der Waals surface area (Å²) in [7, 11) is 1.17. The molecule has 0 aliphatic rings. The lowest BCUT2D eigenvalue weighted by Crippen LogP contribution is -2.45. The first-order valence-corrected chi connectivity index (χ1v) is 9.43. The van der Waals surface area contributed by atoms with Crippen LogP contribution in [0.3, 0.4) is 0 Å². The van der Waals surface area contributed by atoms with Crippen LogP contribution in [-0.2, 0) is 9.53 Å². The van der Waals surface area contributed by atoms with E-state index in [4.69, 9.17) is 9.15 Å². The van der Waals surface area contributed by atoms with E-state index in [1.165, 1.54) is 19.2 Å². The number of nitrogens with one attached hydrogen (secondary N) is 1. The minimum Gasteiger partial charge on any atom is -0.468 e. The Morgan fingerprint density at radius 3 is 2.45 bits per heavy atom. The Morgan fingerprint density at radius 1 is 1.10 bits per heavy atom. The van der Waals surface area contributed by atoms with Crippen LogP contribution in [0.15, 0.2) is 40.8 Å². The van der Waals surface area contributed by atoms with E-state index in [1.54, 1.807) is 12.1 Å². The molecule has 0 spiro atoms. The van der Waals surface area contributed by atoms with Gasteiger partial charge in [-0.3, -0.25) is 10.1 Å². The molecule has 4 nitrogen and oxygen atoms in total. The van der Waals surface area contributed by atoms with Crippen LogP contribution in [0.2, 0.25) is 0 Å². The summed E-state index contributed by atoms with van der Waals surface area (Å²) >= 11 is 0. The fourth-order valence-electron chi connectivity index (χ4n) is 3.51. The summed E-state index contributed by atoms with van der Waals surface area (Å²) in [5, 5.41) is 4.07. The molecule has 1 N–H and O–H groups in total. The molecule has 0 radical (unpaired) electrons. The molecule has 0 unspecified atom stereocenters. The molecule has 2 atom stereocenters. The number of benzene rings is 2. The van der Waals surface area contributed by atoms with Crippen LogP contribution in [0, 0.1) is 12.8 Å². The molecule has 7 heteroatoms. The van der Waals surface area contributed by atoms with Crippen LogP contribution >= 0.6 is 0 Å². The van der Waals surface area contributed by atoms with Crippen molar-refractivity contribution < 1.29 is 27.1 Å². The van der Waals surface area contributed by atoms with Gasteiger partial charge in [-0.1, -0.05) is 37.6 Å². The van der Waals surface area contributed by atoms with Gasteiger partial charge in [0.25, 0.3) is 0 Å². The van der Waals surface area contributed by atoms with Gasteiger partial charge in [0.05, 0.1) is 7.11 Å². The van der Waals surface area contributed by atoms with E-state index in [0.717, 1.165) is 16.3 Å². The molecule has 0 fully saturated rings. The van der Waals surface area contributed by atoms with Crippen LogP contribution in [0.5, 0.6) is 0 Å². The van der Waals surface area contributed by atoms with Crippen LogP contribution in [-0.4, -0.2) is 25.3 Å². The molecular weight excluding hydrogens is 383 g/mol. The lowest BCUT2D eigenvalue weighted by Gasteiger charge is -2.27. The number of fused-ring (bicyclic) bond motifs is 3. The van der Waals surface area contributed by atoms with Crippen LogP contribution in [0.25, 0.3) is 21.9 Å². The number of furan rings is 1. The SMILES string of the molecule is COC(=O)[C@H](CC(C)C)N[C@H](c1ccc2c(c1)oc1ccc(C)cc12)C(F)(F)F. The molecule has 0 bridgehead atoms. The van der Waals surface area contributed by atoms with Crippen molar-refractivity contribution in [2.75, 3.05) is 7.11 Å². The second kappa shape index (κ2) is 8.06. The third-order valence-corrected chi connectivity index (χ3v) is 4.87. The average molecular weight is 407 g/mol. The first-order valence-electron chi connectivity index (χ1n) is 9.43. The molecule has 2 aromatic carbocycles. The Hall–Kier alpha value is -2.54.